The molecule has 0 spiro atoms. The number of carbonyl (C=O) groups is 1. The summed E-state index contributed by atoms with van der Waals surface area (Å²) in [5, 5.41) is 3.45. The van der Waals surface area contributed by atoms with E-state index in [-0.39, 0.29) is 6.04 Å². The Balaban J connectivity index is 1.35. The van der Waals surface area contributed by atoms with Crippen molar-refractivity contribution in [1.82, 2.24) is 14.9 Å². The molecule has 1 aliphatic heterocycles. The Labute approximate surface area is 208 Å². The first-order valence-electron chi connectivity index (χ1n) is 13.3. The van der Waals surface area contributed by atoms with Gasteiger partial charge in [0.2, 0.25) is 5.91 Å². The van der Waals surface area contributed by atoms with E-state index in [1.807, 2.05) is 24.3 Å². The Bertz CT molecular complexity index is 1080. The number of anilines is 4. The highest BCUT2D eigenvalue weighted by Crippen LogP contribution is 2.45. The summed E-state index contributed by atoms with van der Waals surface area (Å²) in [6.07, 6.45) is 12.4. The summed E-state index contributed by atoms with van der Waals surface area (Å²) < 4.78 is 0. The van der Waals surface area contributed by atoms with Crippen molar-refractivity contribution in [3.63, 3.8) is 0 Å². The first kappa shape index (κ1) is 23.6. The van der Waals surface area contributed by atoms with Crippen LogP contribution in [-0.4, -0.2) is 46.5 Å². The number of pyridine rings is 2. The minimum absolute atomic E-state index is 0.218. The summed E-state index contributed by atoms with van der Waals surface area (Å²) in [4.78, 5) is 27.1. The lowest BCUT2D eigenvalue weighted by atomic mass is 9.82. The van der Waals surface area contributed by atoms with Gasteiger partial charge in [0, 0.05) is 44.2 Å². The highest BCUT2D eigenvalue weighted by Gasteiger charge is 2.34. The molecule has 1 amide bonds. The van der Waals surface area contributed by atoms with Gasteiger partial charge in [-0.15, -0.1) is 0 Å². The topological polar surface area (TPSA) is 87.4 Å². The molecule has 0 radical (unpaired) electrons. The van der Waals surface area contributed by atoms with E-state index in [1.165, 1.54) is 19.3 Å². The van der Waals surface area contributed by atoms with Crippen LogP contribution in [0.1, 0.15) is 75.5 Å². The molecule has 3 N–H and O–H groups in total. The van der Waals surface area contributed by atoms with Crippen LogP contribution >= 0.6 is 0 Å². The molecule has 3 heterocycles. The molecule has 0 aromatic carbocycles. The number of nitrogen functional groups attached to an aromatic ring is 1. The minimum atomic E-state index is 0.218. The van der Waals surface area contributed by atoms with Gasteiger partial charge in [0.25, 0.3) is 0 Å². The number of amides is 1. The summed E-state index contributed by atoms with van der Waals surface area (Å²) >= 11 is 0. The van der Waals surface area contributed by atoms with Gasteiger partial charge >= 0.3 is 0 Å². The number of nitrogens with one attached hydrogen (secondary N) is 1. The maximum absolute atomic E-state index is 13.1. The number of carbonyl (C=O) groups excluding carboxylic acids is 1. The van der Waals surface area contributed by atoms with Crippen molar-refractivity contribution in [2.45, 2.75) is 70.3 Å². The van der Waals surface area contributed by atoms with E-state index >= 15 is 0 Å². The molecule has 0 bridgehead atoms. The Morgan fingerprint density at radius 1 is 1.26 bits per heavy atom. The van der Waals surface area contributed by atoms with Gasteiger partial charge in [0.15, 0.2) is 5.82 Å². The largest absolute Gasteiger partial charge is 0.396 e. The monoisotopic (exact) mass is 474 g/mol. The van der Waals surface area contributed by atoms with E-state index in [1.54, 1.807) is 6.20 Å². The zero-order chi connectivity index (χ0) is 24.4. The van der Waals surface area contributed by atoms with Crippen molar-refractivity contribution in [3.05, 3.63) is 42.2 Å². The number of rotatable bonds is 9. The Hall–Kier alpha value is -3.09. The third-order valence-corrected chi connectivity index (χ3v) is 7.72. The van der Waals surface area contributed by atoms with Crippen molar-refractivity contribution in [2.75, 3.05) is 35.6 Å². The standard InChI is InChI=1S/C28H38N6O/c1-3-6-22-18-33(13-14-34(22)26(35)16-20-7-5-8-20)28-23(29)17-24(27(32-28)21-9-10-21)31-25-15-19(4-2)11-12-30-25/h4,11-12,15,17,20-22H,2-3,5-10,13-14,16,18,29H2,1H3,(H,30,31)/t22-/m1/s1. The molecule has 3 aliphatic rings. The number of hydrogen-bond acceptors (Lipinski definition) is 6. The van der Waals surface area contributed by atoms with E-state index < -0.39 is 0 Å². The lowest BCUT2D eigenvalue weighted by Gasteiger charge is -2.43. The van der Waals surface area contributed by atoms with E-state index in [4.69, 9.17) is 10.7 Å². The van der Waals surface area contributed by atoms with Gasteiger partial charge in [-0.25, -0.2) is 9.97 Å². The van der Waals surface area contributed by atoms with Gasteiger partial charge in [-0.3, -0.25) is 4.79 Å². The van der Waals surface area contributed by atoms with E-state index in [2.05, 4.69) is 33.6 Å². The quantitative estimate of drug-likeness (QED) is 0.511. The summed E-state index contributed by atoms with van der Waals surface area (Å²) in [6.45, 7) is 8.36. The fourth-order valence-corrected chi connectivity index (χ4v) is 5.35. The predicted molar refractivity (Wildman–Crippen MR) is 143 cm³/mol. The molecular formula is C28H38N6O. The molecule has 2 aromatic heterocycles. The Kier molecular flexibility index (Phi) is 6.93. The van der Waals surface area contributed by atoms with Crippen LogP contribution in [0.4, 0.5) is 23.0 Å². The second-order valence-corrected chi connectivity index (χ2v) is 10.4. The van der Waals surface area contributed by atoms with Crippen LogP contribution in [0.3, 0.4) is 0 Å². The molecule has 1 atom stereocenters. The average Bonchev–Trinajstić information content (AvgIpc) is 3.67. The van der Waals surface area contributed by atoms with Crippen molar-refractivity contribution in [3.8, 4) is 0 Å². The molecule has 186 valence electrons. The highest BCUT2D eigenvalue weighted by molar-refractivity contribution is 5.78. The van der Waals surface area contributed by atoms with Gasteiger partial charge in [-0.05, 0) is 61.8 Å². The average molecular weight is 475 g/mol. The van der Waals surface area contributed by atoms with Gasteiger partial charge in [-0.1, -0.05) is 32.4 Å². The van der Waals surface area contributed by atoms with Crippen LogP contribution < -0.4 is 16.0 Å². The van der Waals surface area contributed by atoms with Crippen LogP contribution in [0.5, 0.6) is 0 Å². The summed E-state index contributed by atoms with van der Waals surface area (Å²) in [5.74, 6) is 3.01. The first-order chi connectivity index (χ1) is 17.1. The molecule has 7 heteroatoms. The van der Waals surface area contributed by atoms with Gasteiger partial charge in [0.05, 0.1) is 17.1 Å². The highest BCUT2D eigenvalue weighted by atomic mass is 16.2. The van der Waals surface area contributed by atoms with Crippen molar-refractivity contribution < 1.29 is 4.79 Å². The summed E-state index contributed by atoms with van der Waals surface area (Å²) in [5.41, 5.74) is 10.3. The van der Waals surface area contributed by atoms with Crippen LogP contribution in [-0.2, 0) is 4.79 Å². The molecule has 3 fully saturated rings. The molecule has 2 aromatic rings. The zero-order valence-electron chi connectivity index (χ0n) is 20.9. The van der Waals surface area contributed by atoms with E-state index in [0.717, 1.165) is 73.9 Å². The minimum Gasteiger partial charge on any atom is -0.396 e. The number of nitrogens with two attached hydrogens (primary N) is 1. The van der Waals surface area contributed by atoms with Gasteiger partial charge in [-0.2, -0.15) is 0 Å². The van der Waals surface area contributed by atoms with E-state index in [0.29, 0.717) is 29.9 Å². The predicted octanol–water partition coefficient (Wildman–Crippen LogP) is 5.33. The number of hydrogen-bond donors (Lipinski definition) is 2. The fraction of sp³-hybridized carbons (Fsp3) is 0.536. The van der Waals surface area contributed by atoms with Crippen LogP contribution in [0.15, 0.2) is 31.0 Å². The molecule has 35 heavy (non-hydrogen) atoms. The third-order valence-electron chi connectivity index (χ3n) is 7.72. The molecule has 2 aliphatic carbocycles. The normalized spacial score (nSPS) is 20.4. The molecule has 5 rings (SSSR count). The summed E-state index contributed by atoms with van der Waals surface area (Å²) in [7, 11) is 0. The lowest BCUT2D eigenvalue weighted by Crippen LogP contribution is -2.56. The maximum Gasteiger partial charge on any atom is 0.223 e. The van der Waals surface area contributed by atoms with Crippen molar-refractivity contribution in [2.24, 2.45) is 5.92 Å². The number of aromatic nitrogens is 2. The van der Waals surface area contributed by atoms with Gasteiger partial charge < -0.3 is 20.9 Å². The van der Waals surface area contributed by atoms with E-state index in [9.17, 15) is 4.79 Å². The smallest absolute Gasteiger partial charge is 0.223 e. The molecule has 2 saturated carbocycles. The molecule has 7 nitrogen and oxygen atoms in total. The van der Waals surface area contributed by atoms with Crippen LogP contribution in [0.2, 0.25) is 0 Å². The molecule has 0 unspecified atom stereocenters. The van der Waals surface area contributed by atoms with Crippen molar-refractivity contribution >= 4 is 35.0 Å². The number of piperazine rings is 1. The van der Waals surface area contributed by atoms with Crippen LogP contribution in [0.25, 0.3) is 6.08 Å². The molecular weight excluding hydrogens is 436 g/mol. The van der Waals surface area contributed by atoms with Crippen molar-refractivity contribution in [1.29, 1.82) is 0 Å². The third kappa shape index (κ3) is 5.29. The SMILES string of the molecule is C=Cc1ccnc(Nc2cc(N)c(N3CCN(C(=O)CC4CCC4)[C@H](CCC)C3)nc2C2CC2)c1. The summed E-state index contributed by atoms with van der Waals surface area (Å²) in [6, 6.07) is 6.14. The first-order valence-corrected chi connectivity index (χ1v) is 13.3. The second-order valence-electron chi connectivity index (χ2n) is 10.4. The lowest BCUT2D eigenvalue weighted by molar-refractivity contribution is -0.135. The van der Waals surface area contributed by atoms with Crippen LogP contribution in [0, 0.1) is 5.92 Å². The maximum atomic E-state index is 13.1. The second kappa shape index (κ2) is 10.3. The fourth-order valence-electron chi connectivity index (χ4n) is 5.35. The van der Waals surface area contributed by atoms with Gasteiger partial charge in [0.1, 0.15) is 5.82 Å². The Morgan fingerprint density at radius 3 is 2.77 bits per heavy atom. The zero-order valence-corrected chi connectivity index (χ0v) is 20.9. The Morgan fingerprint density at radius 2 is 2.09 bits per heavy atom. The number of nitrogens with zero attached hydrogens (tertiary/aromatic N) is 4. The molecule has 1 saturated heterocycles.